The number of carbonyl (C=O) groups is 3. The van der Waals surface area contributed by atoms with Crippen LogP contribution in [-0.2, 0) is 28.6 Å². The number of hydrogen-bond acceptors (Lipinski definition) is 6. The Bertz CT molecular complexity index is 1340. The fraction of sp³-hybridized carbons (Fsp3) is 0.909. The molecule has 0 fully saturated rings. The zero-order chi connectivity index (χ0) is 59.9. The highest BCUT2D eigenvalue weighted by Crippen LogP contribution is 2.19. The van der Waals surface area contributed by atoms with Crippen LogP contribution in [0.15, 0.2) is 24.3 Å². The van der Waals surface area contributed by atoms with Crippen molar-refractivity contribution in [3.05, 3.63) is 24.3 Å². The van der Waals surface area contributed by atoms with E-state index in [1.165, 1.54) is 327 Å². The smallest absolute Gasteiger partial charge is 0.306 e. The minimum atomic E-state index is -0.767. The van der Waals surface area contributed by atoms with Crippen LogP contribution >= 0.6 is 0 Å². The average molecular weight is 1170 g/mol. The molecule has 490 valence electrons. The fourth-order valence-electron chi connectivity index (χ4n) is 11.8. The topological polar surface area (TPSA) is 78.9 Å². The van der Waals surface area contributed by atoms with Crippen LogP contribution in [0.4, 0.5) is 0 Å². The molecule has 0 radical (unpaired) electrons. The molecule has 0 aliphatic rings. The van der Waals surface area contributed by atoms with Gasteiger partial charge in [-0.05, 0) is 51.4 Å². The molecule has 83 heavy (non-hydrogen) atoms. The predicted molar refractivity (Wildman–Crippen MR) is 363 cm³/mol. The first-order valence-corrected chi connectivity index (χ1v) is 37.8. The normalized spacial score (nSPS) is 12.1. The van der Waals surface area contributed by atoms with Crippen molar-refractivity contribution >= 4 is 17.9 Å². The Morgan fingerprint density at radius 3 is 0.663 bits per heavy atom. The van der Waals surface area contributed by atoms with E-state index in [4.69, 9.17) is 14.2 Å². The average Bonchev–Trinajstić information content (AvgIpc) is 3.48. The van der Waals surface area contributed by atoms with Gasteiger partial charge < -0.3 is 14.2 Å². The summed E-state index contributed by atoms with van der Waals surface area (Å²) in [5, 5.41) is 0. The monoisotopic (exact) mass is 1170 g/mol. The van der Waals surface area contributed by atoms with Crippen LogP contribution in [0.2, 0.25) is 0 Å². The Morgan fingerprint density at radius 1 is 0.241 bits per heavy atom. The van der Waals surface area contributed by atoms with Crippen molar-refractivity contribution in [2.24, 2.45) is 0 Å². The number of unbranched alkanes of at least 4 members (excludes halogenated alkanes) is 56. The van der Waals surface area contributed by atoms with E-state index in [1.807, 2.05) is 0 Å². The third kappa shape index (κ3) is 70.5. The Labute approximate surface area is 519 Å². The predicted octanol–water partition coefficient (Wildman–Crippen LogP) is 26.1. The van der Waals surface area contributed by atoms with Gasteiger partial charge in [-0.25, -0.2) is 0 Å². The molecule has 0 rings (SSSR count). The van der Waals surface area contributed by atoms with Gasteiger partial charge in [0, 0.05) is 19.3 Å². The van der Waals surface area contributed by atoms with E-state index in [0.717, 1.165) is 64.2 Å². The molecule has 0 aliphatic heterocycles. The van der Waals surface area contributed by atoms with Crippen molar-refractivity contribution in [1.29, 1.82) is 0 Å². The van der Waals surface area contributed by atoms with Crippen molar-refractivity contribution < 1.29 is 28.6 Å². The minimum absolute atomic E-state index is 0.0639. The van der Waals surface area contributed by atoms with E-state index in [-0.39, 0.29) is 31.1 Å². The van der Waals surface area contributed by atoms with Gasteiger partial charge in [0.2, 0.25) is 0 Å². The molecule has 1 atom stereocenters. The summed E-state index contributed by atoms with van der Waals surface area (Å²) in [6.07, 6.45) is 89.6. The maximum absolute atomic E-state index is 13.0. The highest BCUT2D eigenvalue weighted by Gasteiger charge is 2.20. The van der Waals surface area contributed by atoms with Crippen LogP contribution in [0.3, 0.4) is 0 Å². The van der Waals surface area contributed by atoms with Gasteiger partial charge in [0.15, 0.2) is 6.10 Å². The minimum Gasteiger partial charge on any atom is -0.462 e. The summed E-state index contributed by atoms with van der Waals surface area (Å²) in [7, 11) is 0. The van der Waals surface area contributed by atoms with E-state index >= 15 is 0 Å². The Kier molecular flexibility index (Phi) is 70.5. The van der Waals surface area contributed by atoms with E-state index in [1.54, 1.807) is 0 Å². The number of allylic oxidation sites excluding steroid dienone is 4. The van der Waals surface area contributed by atoms with Crippen LogP contribution in [-0.4, -0.2) is 37.2 Å². The Hall–Kier alpha value is -2.11. The van der Waals surface area contributed by atoms with Crippen molar-refractivity contribution in [2.45, 2.75) is 438 Å². The molecular formula is C77H146O6. The summed E-state index contributed by atoms with van der Waals surface area (Å²) < 4.78 is 17.0. The molecule has 0 N–H and O–H groups in total. The standard InChI is InChI=1S/C77H146O6/c1-4-7-10-13-16-19-22-24-26-28-30-32-34-36-38-40-41-43-45-47-49-51-53-55-58-61-64-67-70-76(79)82-73-74(72-81-75(78)69-66-63-60-57-21-18-15-12-9-6-3)83-77(80)71-68-65-62-59-56-54-52-50-48-46-44-42-39-37-35-33-31-29-27-25-23-20-17-14-11-8-5-2/h23,25,29,31,74H,4-22,24,26-28,30,32-73H2,1-3H3/b25-23-,31-29-. The van der Waals surface area contributed by atoms with Crippen LogP contribution < -0.4 is 0 Å². The molecule has 0 bridgehead atoms. The van der Waals surface area contributed by atoms with Gasteiger partial charge in [-0.2, -0.15) is 0 Å². The van der Waals surface area contributed by atoms with Crippen molar-refractivity contribution in [3.63, 3.8) is 0 Å². The first kappa shape index (κ1) is 80.9. The van der Waals surface area contributed by atoms with Gasteiger partial charge in [0.1, 0.15) is 13.2 Å². The molecule has 0 aromatic rings. The summed E-state index contributed by atoms with van der Waals surface area (Å²) in [5.41, 5.74) is 0. The van der Waals surface area contributed by atoms with E-state index in [9.17, 15) is 14.4 Å². The number of esters is 3. The lowest BCUT2D eigenvalue weighted by atomic mass is 10.0. The summed E-state index contributed by atoms with van der Waals surface area (Å²) in [6, 6.07) is 0. The molecule has 0 saturated heterocycles. The Balaban J connectivity index is 4.09. The molecule has 0 amide bonds. The highest BCUT2D eigenvalue weighted by atomic mass is 16.6. The SMILES string of the molecule is CCCCCCC/C=C\C/C=C\CCCCCCCCCCCCCCCCCC(=O)OC(COC(=O)CCCCCCCCCCCC)COC(=O)CCCCCCCCCCCCCCCCCCCCCCCCCCCCCC. The number of hydrogen-bond donors (Lipinski definition) is 0. The van der Waals surface area contributed by atoms with Crippen molar-refractivity contribution in [1.82, 2.24) is 0 Å². The van der Waals surface area contributed by atoms with Crippen molar-refractivity contribution in [2.75, 3.05) is 13.2 Å². The molecule has 6 heteroatoms. The summed E-state index contributed by atoms with van der Waals surface area (Å²) >= 11 is 0. The third-order valence-electron chi connectivity index (χ3n) is 17.5. The van der Waals surface area contributed by atoms with Gasteiger partial charge in [-0.15, -0.1) is 0 Å². The maximum atomic E-state index is 13.0. The second-order valence-electron chi connectivity index (χ2n) is 25.9. The van der Waals surface area contributed by atoms with Gasteiger partial charge in [-0.1, -0.05) is 385 Å². The molecule has 0 aromatic carbocycles. The van der Waals surface area contributed by atoms with Gasteiger partial charge in [-0.3, -0.25) is 14.4 Å². The molecule has 0 aliphatic carbocycles. The zero-order valence-corrected chi connectivity index (χ0v) is 56.5. The summed E-state index contributed by atoms with van der Waals surface area (Å²) in [4.78, 5) is 38.4. The van der Waals surface area contributed by atoms with Gasteiger partial charge >= 0.3 is 17.9 Å². The number of rotatable bonds is 71. The largest absolute Gasteiger partial charge is 0.462 e. The van der Waals surface area contributed by atoms with Crippen LogP contribution in [0.1, 0.15) is 432 Å². The second-order valence-corrected chi connectivity index (χ2v) is 25.9. The van der Waals surface area contributed by atoms with Crippen LogP contribution in [0.25, 0.3) is 0 Å². The first-order chi connectivity index (χ1) is 41.0. The highest BCUT2D eigenvalue weighted by molar-refractivity contribution is 5.71. The molecule has 1 unspecified atom stereocenters. The quantitative estimate of drug-likeness (QED) is 0.0261. The molecular weight excluding hydrogens is 1020 g/mol. The van der Waals surface area contributed by atoms with Gasteiger partial charge in [0.25, 0.3) is 0 Å². The van der Waals surface area contributed by atoms with Crippen LogP contribution in [0.5, 0.6) is 0 Å². The maximum Gasteiger partial charge on any atom is 0.306 e. The molecule has 0 spiro atoms. The summed E-state index contributed by atoms with van der Waals surface area (Å²) in [5.74, 6) is -0.831. The summed E-state index contributed by atoms with van der Waals surface area (Å²) in [6.45, 7) is 6.71. The number of ether oxygens (including phenoxy) is 3. The molecule has 0 aromatic heterocycles. The van der Waals surface area contributed by atoms with Crippen LogP contribution in [0, 0.1) is 0 Å². The second kappa shape index (κ2) is 72.4. The first-order valence-electron chi connectivity index (χ1n) is 37.8. The van der Waals surface area contributed by atoms with E-state index in [0.29, 0.717) is 19.3 Å². The lowest BCUT2D eigenvalue weighted by Gasteiger charge is -2.18. The lowest BCUT2D eigenvalue weighted by Crippen LogP contribution is -2.30. The Morgan fingerprint density at radius 2 is 0.434 bits per heavy atom. The molecule has 0 heterocycles. The number of carbonyl (C=O) groups excluding carboxylic acids is 3. The lowest BCUT2D eigenvalue weighted by molar-refractivity contribution is -0.167. The van der Waals surface area contributed by atoms with Crippen molar-refractivity contribution in [3.8, 4) is 0 Å². The molecule has 6 nitrogen and oxygen atoms in total. The van der Waals surface area contributed by atoms with E-state index < -0.39 is 6.10 Å². The fourth-order valence-corrected chi connectivity index (χ4v) is 11.8. The van der Waals surface area contributed by atoms with Gasteiger partial charge in [0.05, 0.1) is 0 Å². The molecule has 0 saturated carbocycles. The third-order valence-corrected chi connectivity index (χ3v) is 17.5. The van der Waals surface area contributed by atoms with E-state index in [2.05, 4.69) is 45.1 Å². The zero-order valence-electron chi connectivity index (χ0n) is 56.5.